The van der Waals surface area contributed by atoms with Crippen LogP contribution < -0.4 is 4.74 Å². The molecule has 0 amide bonds. The van der Waals surface area contributed by atoms with Crippen LogP contribution >= 0.6 is 0 Å². The molecule has 0 fully saturated rings. The Bertz CT molecular complexity index is 805. The summed E-state index contributed by atoms with van der Waals surface area (Å²) in [5, 5.41) is 9.40. The third-order valence-corrected chi connectivity index (χ3v) is 4.31. The standard InChI is InChI=1S/C23H24O2/c1-17(2)22-16-19(9-8-18-6-4-3-5-7-18)10-15-23(22)25-21-13-11-20(24)12-14-21/h3-7,10-17,24H,8-9H2,1-2H3. The Morgan fingerprint density at radius 3 is 2.16 bits per heavy atom. The molecule has 0 atom stereocenters. The van der Waals surface area contributed by atoms with Crippen molar-refractivity contribution in [3.05, 3.63) is 89.5 Å². The van der Waals surface area contributed by atoms with Gasteiger partial charge in [0.05, 0.1) is 0 Å². The van der Waals surface area contributed by atoms with Crippen LogP contribution in [0.25, 0.3) is 0 Å². The van der Waals surface area contributed by atoms with Gasteiger partial charge in [0.15, 0.2) is 0 Å². The monoisotopic (exact) mass is 332 g/mol. The van der Waals surface area contributed by atoms with Gasteiger partial charge in [-0.2, -0.15) is 0 Å². The van der Waals surface area contributed by atoms with E-state index < -0.39 is 0 Å². The van der Waals surface area contributed by atoms with Crippen LogP contribution in [0.3, 0.4) is 0 Å². The second-order valence-electron chi connectivity index (χ2n) is 6.61. The second kappa shape index (κ2) is 7.89. The minimum Gasteiger partial charge on any atom is -0.508 e. The lowest BCUT2D eigenvalue weighted by atomic mass is 9.96. The van der Waals surface area contributed by atoms with Gasteiger partial charge >= 0.3 is 0 Å². The Labute approximate surface area is 149 Å². The summed E-state index contributed by atoms with van der Waals surface area (Å²) < 4.78 is 6.03. The lowest BCUT2D eigenvalue weighted by Crippen LogP contribution is -1.98. The summed E-state index contributed by atoms with van der Waals surface area (Å²) in [6.07, 6.45) is 2.06. The molecule has 0 unspecified atom stereocenters. The molecule has 0 aliphatic rings. The van der Waals surface area contributed by atoms with E-state index in [0.717, 1.165) is 24.3 Å². The number of hydrogen-bond acceptors (Lipinski definition) is 2. The molecule has 0 aliphatic carbocycles. The molecule has 0 saturated heterocycles. The van der Waals surface area contributed by atoms with Gasteiger partial charge in [0.2, 0.25) is 0 Å². The SMILES string of the molecule is CC(C)c1cc(CCc2ccccc2)ccc1Oc1ccc(O)cc1. The van der Waals surface area contributed by atoms with E-state index in [-0.39, 0.29) is 5.75 Å². The smallest absolute Gasteiger partial charge is 0.130 e. The van der Waals surface area contributed by atoms with Crippen LogP contribution in [0.15, 0.2) is 72.8 Å². The van der Waals surface area contributed by atoms with Gasteiger partial charge in [0, 0.05) is 0 Å². The molecule has 3 aromatic rings. The highest BCUT2D eigenvalue weighted by Crippen LogP contribution is 2.32. The number of hydrogen-bond donors (Lipinski definition) is 1. The summed E-state index contributed by atoms with van der Waals surface area (Å²) in [5.41, 5.74) is 3.89. The maximum atomic E-state index is 9.40. The first-order valence-electron chi connectivity index (χ1n) is 8.75. The molecule has 0 saturated carbocycles. The average molecular weight is 332 g/mol. The summed E-state index contributed by atoms with van der Waals surface area (Å²) in [6, 6.07) is 23.9. The summed E-state index contributed by atoms with van der Waals surface area (Å²) in [7, 11) is 0. The van der Waals surface area contributed by atoms with Crippen LogP contribution in [-0.4, -0.2) is 5.11 Å². The third-order valence-electron chi connectivity index (χ3n) is 4.31. The normalized spacial score (nSPS) is 10.8. The van der Waals surface area contributed by atoms with Gasteiger partial charge in [0.25, 0.3) is 0 Å². The lowest BCUT2D eigenvalue weighted by molar-refractivity contribution is 0.460. The molecule has 3 aromatic carbocycles. The zero-order valence-corrected chi connectivity index (χ0v) is 14.8. The van der Waals surface area contributed by atoms with Crippen molar-refractivity contribution in [3.8, 4) is 17.2 Å². The molecule has 1 N–H and O–H groups in total. The van der Waals surface area contributed by atoms with Crippen molar-refractivity contribution >= 4 is 0 Å². The minimum atomic E-state index is 0.243. The molecule has 0 heterocycles. The molecule has 0 radical (unpaired) electrons. The maximum absolute atomic E-state index is 9.40. The summed E-state index contributed by atoms with van der Waals surface area (Å²) >= 11 is 0. The molecule has 128 valence electrons. The highest BCUT2D eigenvalue weighted by atomic mass is 16.5. The van der Waals surface area contributed by atoms with Crippen molar-refractivity contribution in [1.29, 1.82) is 0 Å². The number of benzene rings is 3. The Balaban J connectivity index is 1.76. The summed E-state index contributed by atoms with van der Waals surface area (Å²) in [5.74, 6) is 2.23. The van der Waals surface area contributed by atoms with Gasteiger partial charge in [-0.1, -0.05) is 56.3 Å². The molecule has 25 heavy (non-hydrogen) atoms. The van der Waals surface area contributed by atoms with E-state index in [2.05, 4.69) is 62.4 Å². The Hall–Kier alpha value is -2.74. The molecule has 3 rings (SSSR count). The predicted molar refractivity (Wildman–Crippen MR) is 103 cm³/mol. The Morgan fingerprint density at radius 2 is 1.48 bits per heavy atom. The fourth-order valence-corrected chi connectivity index (χ4v) is 2.87. The molecule has 2 heteroatoms. The van der Waals surface area contributed by atoms with E-state index in [0.29, 0.717) is 5.92 Å². The van der Waals surface area contributed by atoms with Crippen molar-refractivity contribution in [2.45, 2.75) is 32.6 Å². The van der Waals surface area contributed by atoms with E-state index in [1.807, 2.05) is 0 Å². The summed E-state index contributed by atoms with van der Waals surface area (Å²) in [4.78, 5) is 0. The van der Waals surface area contributed by atoms with Crippen molar-refractivity contribution in [2.75, 3.05) is 0 Å². The third kappa shape index (κ3) is 4.63. The number of rotatable bonds is 6. The molecule has 2 nitrogen and oxygen atoms in total. The zero-order valence-electron chi connectivity index (χ0n) is 14.8. The quantitative estimate of drug-likeness (QED) is 0.591. The highest BCUT2D eigenvalue weighted by molar-refractivity contribution is 5.43. The van der Waals surface area contributed by atoms with Crippen LogP contribution in [0.4, 0.5) is 0 Å². The summed E-state index contributed by atoms with van der Waals surface area (Å²) in [6.45, 7) is 4.36. The van der Waals surface area contributed by atoms with Crippen molar-refractivity contribution < 1.29 is 9.84 Å². The van der Waals surface area contributed by atoms with E-state index >= 15 is 0 Å². The van der Waals surface area contributed by atoms with Gasteiger partial charge < -0.3 is 9.84 Å². The van der Waals surface area contributed by atoms with Crippen LogP contribution in [0.2, 0.25) is 0 Å². The molecular weight excluding hydrogens is 308 g/mol. The predicted octanol–water partition coefficient (Wildman–Crippen LogP) is 6.09. The highest BCUT2D eigenvalue weighted by Gasteiger charge is 2.10. The van der Waals surface area contributed by atoms with E-state index in [1.165, 1.54) is 16.7 Å². The van der Waals surface area contributed by atoms with Gasteiger partial charge in [-0.25, -0.2) is 0 Å². The fourth-order valence-electron chi connectivity index (χ4n) is 2.87. The van der Waals surface area contributed by atoms with E-state index in [4.69, 9.17) is 4.74 Å². The van der Waals surface area contributed by atoms with Gasteiger partial charge in [-0.3, -0.25) is 0 Å². The van der Waals surface area contributed by atoms with Crippen LogP contribution in [0, 0.1) is 0 Å². The van der Waals surface area contributed by atoms with Gasteiger partial charge in [0.1, 0.15) is 17.2 Å². The molecule has 0 spiro atoms. The topological polar surface area (TPSA) is 29.5 Å². The molecular formula is C23H24O2. The first-order chi connectivity index (χ1) is 12.1. The average Bonchev–Trinajstić information content (AvgIpc) is 2.63. The molecule has 0 aromatic heterocycles. The zero-order chi connectivity index (χ0) is 17.6. The van der Waals surface area contributed by atoms with Crippen molar-refractivity contribution in [1.82, 2.24) is 0 Å². The second-order valence-corrected chi connectivity index (χ2v) is 6.61. The first kappa shape index (κ1) is 17.1. The number of ether oxygens (including phenoxy) is 1. The van der Waals surface area contributed by atoms with E-state index in [1.54, 1.807) is 24.3 Å². The largest absolute Gasteiger partial charge is 0.508 e. The molecule has 0 aliphatic heterocycles. The number of phenols is 1. The van der Waals surface area contributed by atoms with Gasteiger partial charge in [-0.05, 0) is 65.8 Å². The van der Waals surface area contributed by atoms with Crippen LogP contribution in [-0.2, 0) is 12.8 Å². The van der Waals surface area contributed by atoms with Crippen LogP contribution in [0.1, 0.15) is 36.5 Å². The van der Waals surface area contributed by atoms with Crippen molar-refractivity contribution in [3.63, 3.8) is 0 Å². The first-order valence-corrected chi connectivity index (χ1v) is 8.75. The number of phenolic OH excluding ortho intramolecular Hbond substituents is 1. The van der Waals surface area contributed by atoms with Crippen LogP contribution in [0.5, 0.6) is 17.2 Å². The molecule has 0 bridgehead atoms. The van der Waals surface area contributed by atoms with Crippen molar-refractivity contribution in [2.24, 2.45) is 0 Å². The van der Waals surface area contributed by atoms with Gasteiger partial charge in [-0.15, -0.1) is 0 Å². The Kier molecular flexibility index (Phi) is 5.39. The fraction of sp³-hybridized carbons (Fsp3) is 0.217. The van der Waals surface area contributed by atoms with E-state index in [9.17, 15) is 5.11 Å². The number of aryl methyl sites for hydroxylation is 2. The number of aromatic hydroxyl groups is 1. The lowest BCUT2D eigenvalue weighted by Gasteiger charge is -2.16. The Morgan fingerprint density at radius 1 is 0.800 bits per heavy atom. The minimum absolute atomic E-state index is 0.243. The maximum Gasteiger partial charge on any atom is 0.130 e.